The molecule has 1 fully saturated rings. The molecule has 0 spiro atoms. The summed E-state index contributed by atoms with van der Waals surface area (Å²) in [5.41, 5.74) is 2.98. The van der Waals surface area contributed by atoms with Gasteiger partial charge < -0.3 is 15.1 Å². The topological polar surface area (TPSA) is 52.7 Å². The first-order valence-electron chi connectivity index (χ1n) is 11.8. The monoisotopic (exact) mass is 453 g/mol. The van der Waals surface area contributed by atoms with E-state index in [0.29, 0.717) is 12.1 Å². The molecule has 1 N–H and O–H groups in total. The van der Waals surface area contributed by atoms with Crippen molar-refractivity contribution >= 4 is 23.2 Å². The van der Waals surface area contributed by atoms with Crippen molar-refractivity contribution in [2.75, 3.05) is 24.3 Å². The molecule has 2 amide bonds. The number of anilines is 2. The molecule has 0 saturated heterocycles. The molecule has 3 rings (SSSR count). The number of hydrogen-bond acceptors (Lipinski definition) is 3. The molecule has 1 unspecified atom stereocenters. The van der Waals surface area contributed by atoms with Crippen molar-refractivity contribution in [2.24, 2.45) is 11.8 Å². The molecule has 0 heterocycles. The Bertz CT molecular complexity index is 983. The quantitative estimate of drug-likeness (QED) is 0.557. The van der Waals surface area contributed by atoms with E-state index in [4.69, 9.17) is 0 Å². The minimum absolute atomic E-state index is 0.0625. The molecule has 6 heteroatoms. The van der Waals surface area contributed by atoms with Crippen LogP contribution in [-0.2, 0) is 11.3 Å². The molecule has 0 bridgehead atoms. The Hall–Kier alpha value is -2.89. The second-order valence-electron chi connectivity index (χ2n) is 9.64. The van der Waals surface area contributed by atoms with Gasteiger partial charge in [-0.05, 0) is 67.6 Å². The third-order valence-electron chi connectivity index (χ3n) is 6.68. The van der Waals surface area contributed by atoms with Gasteiger partial charge in [-0.25, -0.2) is 4.39 Å². The first-order chi connectivity index (χ1) is 15.7. The number of hydrogen-bond donors (Lipinski definition) is 1. The molecule has 2 aromatic carbocycles. The zero-order chi connectivity index (χ0) is 24.1. The third kappa shape index (κ3) is 6.12. The summed E-state index contributed by atoms with van der Waals surface area (Å²) in [6, 6.07) is 11.6. The fraction of sp³-hybridized carbons (Fsp3) is 0.481. The number of carbonyl (C=O) groups excluding carboxylic acids is 2. The molecule has 1 atom stereocenters. The molecule has 178 valence electrons. The van der Waals surface area contributed by atoms with Gasteiger partial charge in [0.15, 0.2) is 0 Å². The van der Waals surface area contributed by atoms with Crippen molar-refractivity contribution < 1.29 is 14.0 Å². The number of halogens is 1. The van der Waals surface area contributed by atoms with Crippen LogP contribution in [0.15, 0.2) is 42.5 Å². The average Bonchev–Trinajstić information content (AvgIpc) is 3.31. The molecule has 0 aliphatic heterocycles. The smallest absolute Gasteiger partial charge is 0.254 e. The Morgan fingerprint density at radius 3 is 2.36 bits per heavy atom. The maximum atomic E-state index is 13.8. The summed E-state index contributed by atoms with van der Waals surface area (Å²) in [6.07, 6.45) is 4.09. The molecular formula is C27H36FN3O2. The van der Waals surface area contributed by atoms with Crippen LogP contribution in [0.5, 0.6) is 0 Å². The SMILES string of the molecule is CC(C)C(C)N(Cc1cc(NC(=O)C2CCCC2)ccc1N(C)C)C(=O)c1cccc(F)c1. The highest BCUT2D eigenvalue weighted by Gasteiger charge is 2.26. The van der Waals surface area contributed by atoms with Gasteiger partial charge in [-0.1, -0.05) is 32.8 Å². The Kier molecular flexibility index (Phi) is 8.11. The highest BCUT2D eigenvalue weighted by molar-refractivity contribution is 5.95. The predicted octanol–water partition coefficient (Wildman–Crippen LogP) is 5.71. The van der Waals surface area contributed by atoms with Gasteiger partial charge in [-0.15, -0.1) is 0 Å². The highest BCUT2D eigenvalue weighted by Crippen LogP contribution is 2.29. The lowest BCUT2D eigenvalue weighted by molar-refractivity contribution is -0.119. The van der Waals surface area contributed by atoms with E-state index in [1.165, 1.54) is 12.1 Å². The Labute approximate surface area is 197 Å². The van der Waals surface area contributed by atoms with E-state index in [2.05, 4.69) is 19.2 Å². The van der Waals surface area contributed by atoms with Crippen LogP contribution in [0.25, 0.3) is 0 Å². The molecule has 1 aliphatic carbocycles. The standard InChI is InChI=1S/C27H36FN3O2/c1-18(2)19(3)31(27(33)21-11-8-12-23(28)15-21)17-22-16-24(13-14-25(22)30(4)5)29-26(32)20-9-6-7-10-20/h8,11-16,18-20H,6-7,9-10,17H2,1-5H3,(H,29,32). The number of rotatable bonds is 8. The highest BCUT2D eigenvalue weighted by atomic mass is 19.1. The van der Waals surface area contributed by atoms with E-state index in [1.54, 1.807) is 17.0 Å². The van der Waals surface area contributed by atoms with Gasteiger partial charge in [0.2, 0.25) is 5.91 Å². The van der Waals surface area contributed by atoms with Crippen molar-refractivity contribution in [3.8, 4) is 0 Å². The molecule has 0 aromatic heterocycles. The van der Waals surface area contributed by atoms with Gasteiger partial charge in [0.1, 0.15) is 5.82 Å². The van der Waals surface area contributed by atoms with E-state index in [1.807, 2.05) is 44.1 Å². The molecule has 33 heavy (non-hydrogen) atoms. The lowest BCUT2D eigenvalue weighted by Gasteiger charge is -2.33. The van der Waals surface area contributed by atoms with Crippen LogP contribution in [0.1, 0.15) is 62.4 Å². The van der Waals surface area contributed by atoms with Gasteiger partial charge in [-0.3, -0.25) is 9.59 Å². The van der Waals surface area contributed by atoms with Crippen molar-refractivity contribution in [3.63, 3.8) is 0 Å². The summed E-state index contributed by atoms with van der Waals surface area (Å²) in [5.74, 6) is -0.270. The van der Waals surface area contributed by atoms with Crippen molar-refractivity contribution in [1.82, 2.24) is 4.90 Å². The second-order valence-corrected chi connectivity index (χ2v) is 9.64. The van der Waals surface area contributed by atoms with Crippen LogP contribution in [0, 0.1) is 17.7 Å². The van der Waals surface area contributed by atoms with Crippen LogP contribution < -0.4 is 10.2 Å². The van der Waals surface area contributed by atoms with E-state index in [9.17, 15) is 14.0 Å². The van der Waals surface area contributed by atoms with Crippen molar-refractivity contribution in [3.05, 3.63) is 59.4 Å². The van der Waals surface area contributed by atoms with Gasteiger partial charge in [0, 0.05) is 49.5 Å². The van der Waals surface area contributed by atoms with Gasteiger partial charge in [0.25, 0.3) is 5.91 Å². The first-order valence-corrected chi connectivity index (χ1v) is 11.8. The summed E-state index contributed by atoms with van der Waals surface area (Å²) in [5, 5.41) is 3.07. The number of carbonyl (C=O) groups is 2. The number of amides is 2. The maximum absolute atomic E-state index is 13.8. The predicted molar refractivity (Wildman–Crippen MR) is 132 cm³/mol. The molecule has 0 radical (unpaired) electrons. The summed E-state index contributed by atoms with van der Waals surface area (Å²) < 4.78 is 13.8. The lowest BCUT2D eigenvalue weighted by atomic mass is 10.0. The van der Waals surface area contributed by atoms with E-state index < -0.39 is 5.82 Å². The maximum Gasteiger partial charge on any atom is 0.254 e. The second kappa shape index (κ2) is 10.8. The zero-order valence-electron chi connectivity index (χ0n) is 20.4. The third-order valence-corrected chi connectivity index (χ3v) is 6.68. The molecule has 5 nitrogen and oxygen atoms in total. The summed E-state index contributed by atoms with van der Waals surface area (Å²) in [7, 11) is 3.92. The van der Waals surface area contributed by atoms with Crippen LogP contribution in [0.3, 0.4) is 0 Å². The summed E-state index contributed by atoms with van der Waals surface area (Å²) in [4.78, 5) is 29.9. The number of nitrogens with one attached hydrogen (secondary N) is 1. The van der Waals surface area contributed by atoms with Gasteiger partial charge >= 0.3 is 0 Å². The van der Waals surface area contributed by atoms with Gasteiger partial charge in [0.05, 0.1) is 0 Å². The fourth-order valence-electron chi connectivity index (χ4n) is 4.39. The zero-order valence-corrected chi connectivity index (χ0v) is 20.4. The van der Waals surface area contributed by atoms with E-state index in [-0.39, 0.29) is 29.7 Å². The summed E-state index contributed by atoms with van der Waals surface area (Å²) in [6.45, 7) is 6.52. The Morgan fingerprint density at radius 1 is 1.06 bits per heavy atom. The largest absolute Gasteiger partial charge is 0.377 e. The Balaban J connectivity index is 1.92. The van der Waals surface area contributed by atoms with E-state index >= 15 is 0 Å². The molecule has 2 aromatic rings. The Morgan fingerprint density at radius 2 is 1.76 bits per heavy atom. The number of benzene rings is 2. The molecule has 1 saturated carbocycles. The van der Waals surface area contributed by atoms with E-state index in [0.717, 1.165) is 42.6 Å². The van der Waals surface area contributed by atoms with Gasteiger partial charge in [-0.2, -0.15) is 0 Å². The summed E-state index contributed by atoms with van der Waals surface area (Å²) >= 11 is 0. The average molecular weight is 454 g/mol. The fourth-order valence-corrected chi connectivity index (χ4v) is 4.39. The minimum atomic E-state index is -0.427. The van der Waals surface area contributed by atoms with Crippen molar-refractivity contribution in [2.45, 2.75) is 59.0 Å². The van der Waals surface area contributed by atoms with Crippen LogP contribution in [0.4, 0.5) is 15.8 Å². The molecule has 1 aliphatic rings. The normalized spacial score (nSPS) is 14.9. The lowest BCUT2D eigenvalue weighted by Crippen LogP contribution is -2.41. The minimum Gasteiger partial charge on any atom is -0.377 e. The number of nitrogens with zero attached hydrogens (tertiary/aromatic N) is 2. The van der Waals surface area contributed by atoms with Crippen LogP contribution in [-0.4, -0.2) is 36.9 Å². The van der Waals surface area contributed by atoms with Crippen molar-refractivity contribution in [1.29, 1.82) is 0 Å². The molecular weight excluding hydrogens is 417 g/mol. The van der Waals surface area contributed by atoms with Crippen LogP contribution >= 0.6 is 0 Å². The van der Waals surface area contributed by atoms with Crippen LogP contribution in [0.2, 0.25) is 0 Å². The first kappa shape index (κ1) is 24.7.